The van der Waals surface area contributed by atoms with E-state index in [-0.39, 0.29) is 18.0 Å². The predicted octanol–water partition coefficient (Wildman–Crippen LogP) is 0.833. The number of nitrogens with one attached hydrogen (secondary N) is 1. The molecule has 0 aromatic carbocycles. The minimum atomic E-state index is -0.745. The van der Waals surface area contributed by atoms with Crippen LogP contribution < -0.4 is 5.32 Å². The van der Waals surface area contributed by atoms with Crippen LogP contribution in [-0.2, 0) is 4.79 Å². The lowest BCUT2D eigenvalue weighted by atomic mass is 9.92. The summed E-state index contributed by atoms with van der Waals surface area (Å²) in [6.45, 7) is 5.32. The average molecular weight is 283 g/mol. The first-order chi connectivity index (χ1) is 9.47. The van der Waals surface area contributed by atoms with Crippen LogP contribution in [0.15, 0.2) is 0 Å². The van der Waals surface area contributed by atoms with Crippen molar-refractivity contribution in [2.24, 2.45) is 11.8 Å². The van der Waals surface area contributed by atoms with Gasteiger partial charge in [0, 0.05) is 25.7 Å². The van der Waals surface area contributed by atoms with E-state index in [9.17, 15) is 9.59 Å². The molecule has 3 atom stereocenters. The SMILES string of the molecule is CC1CC(C(=O)O)CCN1C(=O)NCC1CCN(C)C1. The Labute approximate surface area is 120 Å². The number of urea groups is 1. The van der Waals surface area contributed by atoms with Crippen molar-refractivity contribution in [3.05, 3.63) is 0 Å². The van der Waals surface area contributed by atoms with Gasteiger partial charge < -0.3 is 20.2 Å². The molecule has 2 fully saturated rings. The Kier molecular flexibility index (Phi) is 4.86. The second-order valence-electron chi connectivity index (χ2n) is 6.20. The molecule has 2 aliphatic rings. The fraction of sp³-hybridized carbons (Fsp3) is 0.857. The van der Waals surface area contributed by atoms with Gasteiger partial charge in [-0.2, -0.15) is 0 Å². The van der Waals surface area contributed by atoms with Gasteiger partial charge in [0.1, 0.15) is 0 Å². The van der Waals surface area contributed by atoms with Crippen LogP contribution >= 0.6 is 0 Å². The van der Waals surface area contributed by atoms with Crippen molar-refractivity contribution < 1.29 is 14.7 Å². The van der Waals surface area contributed by atoms with Gasteiger partial charge in [-0.3, -0.25) is 4.79 Å². The first-order valence-corrected chi connectivity index (χ1v) is 7.43. The van der Waals surface area contributed by atoms with Crippen LogP contribution in [0.1, 0.15) is 26.2 Å². The summed E-state index contributed by atoms with van der Waals surface area (Å²) in [6.07, 6.45) is 2.24. The summed E-state index contributed by atoms with van der Waals surface area (Å²) in [5, 5.41) is 12.0. The number of carbonyl (C=O) groups is 2. The molecule has 0 spiro atoms. The molecule has 114 valence electrons. The topological polar surface area (TPSA) is 72.9 Å². The Morgan fingerprint density at radius 1 is 1.30 bits per heavy atom. The van der Waals surface area contributed by atoms with Gasteiger partial charge >= 0.3 is 12.0 Å². The van der Waals surface area contributed by atoms with Crippen molar-refractivity contribution in [2.45, 2.75) is 32.2 Å². The highest BCUT2D eigenvalue weighted by molar-refractivity contribution is 5.75. The summed E-state index contributed by atoms with van der Waals surface area (Å²) in [6, 6.07) is -0.0491. The molecule has 0 aliphatic carbocycles. The normalized spacial score (nSPS) is 31.3. The number of carbonyl (C=O) groups excluding carboxylic acids is 1. The highest BCUT2D eigenvalue weighted by atomic mass is 16.4. The molecule has 3 unspecified atom stereocenters. The summed E-state index contributed by atoms with van der Waals surface area (Å²) in [5.74, 6) is -0.515. The maximum absolute atomic E-state index is 12.2. The van der Waals surface area contributed by atoms with Crippen LogP contribution in [0.5, 0.6) is 0 Å². The Morgan fingerprint density at radius 3 is 2.60 bits per heavy atom. The molecule has 2 rings (SSSR count). The number of hydrogen-bond acceptors (Lipinski definition) is 3. The van der Waals surface area contributed by atoms with Gasteiger partial charge in [-0.25, -0.2) is 4.79 Å². The lowest BCUT2D eigenvalue weighted by Crippen LogP contribution is -2.51. The van der Waals surface area contributed by atoms with Crippen molar-refractivity contribution in [1.29, 1.82) is 0 Å². The molecular formula is C14H25N3O3. The van der Waals surface area contributed by atoms with Crippen molar-refractivity contribution in [3.63, 3.8) is 0 Å². The van der Waals surface area contributed by atoms with E-state index < -0.39 is 5.97 Å². The van der Waals surface area contributed by atoms with Crippen LogP contribution in [0.2, 0.25) is 0 Å². The van der Waals surface area contributed by atoms with Gasteiger partial charge in [0.05, 0.1) is 5.92 Å². The van der Waals surface area contributed by atoms with E-state index in [4.69, 9.17) is 5.11 Å². The minimum absolute atomic E-state index is 0.00361. The molecule has 2 amide bonds. The van der Waals surface area contributed by atoms with E-state index in [1.54, 1.807) is 4.90 Å². The van der Waals surface area contributed by atoms with E-state index in [0.29, 0.717) is 25.3 Å². The highest BCUT2D eigenvalue weighted by Gasteiger charge is 2.32. The molecule has 2 aliphatic heterocycles. The number of carboxylic acids is 1. The van der Waals surface area contributed by atoms with Crippen LogP contribution in [0.3, 0.4) is 0 Å². The van der Waals surface area contributed by atoms with Crippen LogP contribution in [0.4, 0.5) is 4.79 Å². The molecule has 6 nitrogen and oxygen atoms in total. The molecule has 0 bridgehead atoms. The summed E-state index contributed by atoms with van der Waals surface area (Å²) in [7, 11) is 2.10. The third kappa shape index (κ3) is 3.62. The van der Waals surface area contributed by atoms with Gasteiger partial charge in [-0.05, 0) is 45.7 Å². The smallest absolute Gasteiger partial charge is 0.317 e. The monoisotopic (exact) mass is 283 g/mol. The first-order valence-electron chi connectivity index (χ1n) is 7.43. The lowest BCUT2D eigenvalue weighted by molar-refractivity contribution is -0.143. The Balaban J connectivity index is 1.77. The van der Waals surface area contributed by atoms with Gasteiger partial charge in [-0.15, -0.1) is 0 Å². The van der Waals surface area contributed by atoms with Crippen LogP contribution in [0.25, 0.3) is 0 Å². The van der Waals surface area contributed by atoms with Crippen LogP contribution in [0, 0.1) is 11.8 Å². The third-order valence-corrected chi connectivity index (χ3v) is 4.52. The largest absolute Gasteiger partial charge is 0.481 e. The Hall–Kier alpha value is -1.30. The Morgan fingerprint density at radius 2 is 2.05 bits per heavy atom. The lowest BCUT2D eigenvalue weighted by Gasteiger charge is -2.36. The van der Waals surface area contributed by atoms with Crippen molar-refractivity contribution >= 4 is 12.0 Å². The fourth-order valence-electron chi connectivity index (χ4n) is 3.22. The second kappa shape index (κ2) is 6.43. The zero-order valence-corrected chi connectivity index (χ0v) is 12.3. The molecule has 0 aromatic rings. The number of rotatable bonds is 3. The number of amides is 2. The van der Waals surface area contributed by atoms with Crippen molar-refractivity contribution in [1.82, 2.24) is 15.1 Å². The molecule has 2 heterocycles. The maximum atomic E-state index is 12.2. The van der Waals surface area contributed by atoms with Gasteiger partial charge in [-0.1, -0.05) is 0 Å². The number of piperidine rings is 1. The number of aliphatic carboxylic acids is 1. The standard InChI is InChI=1S/C14H25N3O3/c1-10-7-12(13(18)19)4-6-17(10)14(20)15-8-11-3-5-16(2)9-11/h10-12H,3-9H2,1-2H3,(H,15,20)(H,18,19). The molecule has 0 saturated carbocycles. The third-order valence-electron chi connectivity index (χ3n) is 4.52. The number of nitrogens with zero attached hydrogens (tertiary/aromatic N) is 2. The predicted molar refractivity (Wildman–Crippen MR) is 75.5 cm³/mol. The first kappa shape index (κ1) is 15.1. The molecule has 20 heavy (non-hydrogen) atoms. The van der Waals surface area contributed by atoms with E-state index in [0.717, 1.165) is 26.1 Å². The van der Waals surface area contributed by atoms with Gasteiger partial charge in [0.25, 0.3) is 0 Å². The number of carboxylic acid groups (broad SMARTS) is 1. The fourth-order valence-corrected chi connectivity index (χ4v) is 3.22. The molecule has 6 heteroatoms. The number of hydrogen-bond donors (Lipinski definition) is 2. The van der Waals surface area contributed by atoms with Crippen molar-refractivity contribution in [3.8, 4) is 0 Å². The molecule has 0 aromatic heterocycles. The van der Waals surface area contributed by atoms with E-state index in [2.05, 4.69) is 17.3 Å². The molecule has 0 radical (unpaired) electrons. The molecule has 2 saturated heterocycles. The minimum Gasteiger partial charge on any atom is -0.481 e. The van der Waals surface area contributed by atoms with Crippen LogP contribution in [-0.4, -0.2) is 66.2 Å². The number of likely N-dealkylation sites (tertiary alicyclic amines) is 2. The summed E-state index contributed by atoms with van der Waals surface area (Å²) in [4.78, 5) is 27.2. The zero-order chi connectivity index (χ0) is 14.7. The highest BCUT2D eigenvalue weighted by Crippen LogP contribution is 2.23. The van der Waals surface area contributed by atoms with E-state index in [1.165, 1.54) is 0 Å². The van der Waals surface area contributed by atoms with Crippen molar-refractivity contribution in [2.75, 3.05) is 33.2 Å². The van der Waals surface area contributed by atoms with Gasteiger partial charge in [0.15, 0.2) is 0 Å². The molecular weight excluding hydrogens is 258 g/mol. The zero-order valence-electron chi connectivity index (χ0n) is 12.3. The quantitative estimate of drug-likeness (QED) is 0.805. The summed E-state index contributed by atoms with van der Waals surface area (Å²) >= 11 is 0. The maximum Gasteiger partial charge on any atom is 0.317 e. The van der Waals surface area contributed by atoms with E-state index >= 15 is 0 Å². The average Bonchev–Trinajstić information content (AvgIpc) is 2.81. The molecule has 2 N–H and O–H groups in total. The summed E-state index contributed by atoms with van der Waals surface area (Å²) in [5.41, 5.74) is 0. The van der Waals surface area contributed by atoms with Gasteiger partial charge in [0.2, 0.25) is 0 Å². The summed E-state index contributed by atoms with van der Waals surface area (Å²) < 4.78 is 0. The second-order valence-corrected chi connectivity index (χ2v) is 6.20. The Bertz CT molecular complexity index is 375. The van der Waals surface area contributed by atoms with E-state index in [1.807, 2.05) is 6.92 Å².